The van der Waals surface area contributed by atoms with E-state index in [1.165, 1.54) is 12.8 Å². The van der Waals surface area contributed by atoms with Gasteiger partial charge in [0, 0.05) is 6.42 Å². The van der Waals surface area contributed by atoms with E-state index in [1.807, 2.05) is 0 Å². The van der Waals surface area contributed by atoms with Crippen molar-refractivity contribution in [1.29, 1.82) is 0 Å². The first-order valence-corrected chi connectivity index (χ1v) is 4.66. The van der Waals surface area contributed by atoms with Crippen LogP contribution in [0.2, 0.25) is 0 Å². The Kier molecular flexibility index (Phi) is 3.53. The Bertz CT molecular complexity index is 159. The minimum absolute atomic E-state index is 0.307. The number of rotatable bonds is 3. The van der Waals surface area contributed by atoms with Gasteiger partial charge in [-0.1, -0.05) is 12.8 Å². The van der Waals surface area contributed by atoms with Crippen molar-refractivity contribution in [1.82, 2.24) is 0 Å². The Labute approximate surface area is 72.9 Å². The number of carboxylic acid groups (broad SMARTS) is 1. The van der Waals surface area contributed by atoms with E-state index in [0.717, 1.165) is 12.8 Å². The first-order valence-electron chi connectivity index (χ1n) is 4.66. The standard InChI is InChI=1S/C9H17NO2/c10-6-8-4-2-1-3-7(8)5-9(11)12/h7-8H,1-6,10H2,(H,11,12)/t7-,8+/m1/s1. The summed E-state index contributed by atoms with van der Waals surface area (Å²) in [6, 6.07) is 0. The molecular formula is C9H17NO2. The average molecular weight is 171 g/mol. The van der Waals surface area contributed by atoms with Crippen molar-refractivity contribution < 1.29 is 9.90 Å². The summed E-state index contributed by atoms with van der Waals surface area (Å²) in [7, 11) is 0. The van der Waals surface area contributed by atoms with Gasteiger partial charge >= 0.3 is 5.97 Å². The quantitative estimate of drug-likeness (QED) is 0.671. The number of hydrogen-bond donors (Lipinski definition) is 2. The molecule has 0 bridgehead atoms. The number of hydrogen-bond acceptors (Lipinski definition) is 2. The van der Waals surface area contributed by atoms with Crippen LogP contribution in [-0.2, 0) is 4.79 Å². The van der Waals surface area contributed by atoms with E-state index in [2.05, 4.69) is 0 Å². The highest BCUT2D eigenvalue weighted by molar-refractivity contribution is 5.67. The summed E-state index contributed by atoms with van der Waals surface area (Å²) in [5, 5.41) is 8.64. The van der Waals surface area contributed by atoms with Crippen molar-refractivity contribution in [3.8, 4) is 0 Å². The Morgan fingerprint density at radius 2 is 1.92 bits per heavy atom. The summed E-state index contributed by atoms with van der Waals surface area (Å²) in [5.41, 5.74) is 5.58. The topological polar surface area (TPSA) is 63.3 Å². The van der Waals surface area contributed by atoms with Crippen molar-refractivity contribution in [2.24, 2.45) is 17.6 Å². The Morgan fingerprint density at radius 1 is 1.33 bits per heavy atom. The predicted molar refractivity (Wildman–Crippen MR) is 46.8 cm³/mol. The molecule has 0 saturated heterocycles. The van der Waals surface area contributed by atoms with Gasteiger partial charge in [0.2, 0.25) is 0 Å². The van der Waals surface area contributed by atoms with Crippen molar-refractivity contribution in [3.63, 3.8) is 0 Å². The van der Waals surface area contributed by atoms with E-state index in [0.29, 0.717) is 24.8 Å². The Balaban J connectivity index is 2.41. The highest BCUT2D eigenvalue weighted by atomic mass is 16.4. The van der Waals surface area contributed by atoms with E-state index < -0.39 is 5.97 Å². The fourth-order valence-corrected chi connectivity index (χ4v) is 2.09. The van der Waals surface area contributed by atoms with Crippen molar-refractivity contribution in [3.05, 3.63) is 0 Å². The lowest BCUT2D eigenvalue weighted by Gasteiger charge is -2.29. The normalized spacial score (nSPS) is 30.1. The maximum absolute atomic E-state index is 10.5. The summed E-state index contributed by atoms with van der Waals surface area (Å²) in [6.07, 6.45) is 4.87. The number of aliphatic carboxylic acids is 1. The minimum Gasteiger partial charge on any atom is -0.481 e. The molecule has 3 N–H and O–H groups in total. The number of nitrogens with two attached hydrogens (primary N) is 1. The molecule has 1 saturated carbocycles. The van der Waals surface area contributed by atoms with Crippen LogP contribution in [0.25, 0.3) is 0 Å². The number of carboxylic acids is 1. The van der Waals surface area contributed by atoms with E-state index in [1.54, 1.807) is 0 Å². The van der Waals surface area contributed by atoms with E-state index >= 15 is 0 Å². The maximum atomic E-state index is 10.5. The lowest BCUT2D eigenvalue weighted by Crippen LogP contribution is -2.28. The van der Waals surface area contributed by atoms with Gasteiger partial charge in [-0.25, -0.2) is 0 Å². The highest BCUT2D eigenvalue weighted by Crippen LogP contribution is 2.31. The predicted octanol–water partition coefficient (Wildman–Crippen LogP) is 1.23. The van der Waals surface area contributed by atoms with Gasteiger partial charge in [0.15, 0.2) is 0 Å². The van der Waals surface area contributed by atoms with Gasteiger partial charge < -0.3 is 10.8 Å². The molecular weight excluding hydrogens is 154 g/mol. The lowest BCUT2D eigenvalue weighted by atomic mass is 9.77. The molecule has 0 unspecified atom stereocenters. The molecule has 3 heteroatoms. The van der Waals surface area contributed by atoms with Crippen LogP contribution in [0.1, 0.15) is 32.1 Å². The SMILES string of the molecule is NC[C@@H]1CCCC[C@@H]1CC(=O)O. The van der Waals surface area contributed by atoms with Gasteiger partial charge in [-0.05, 0) is 31.2 Å². The van der Waals surface area contributed by atoms with Crippen molar-refractivity contribution in [2.75, 3.05) is 6.54 Å². The fraction of sp³-hybridized carbons (Fsp3) is 0.889. The second-order valence-electron chi connectivity index (χ2n) is 3.64. The van der Waals surface area contributed by atoms with Crippen molar-refractivity contribution in [2.45, 2.75) is 32.1 Å². The molecule has 1 aliphatic carbocycles. The van der Waals surface area contributed by atoms with Crippen LogP contribution >= 0.6 is 0 Å². The molecule has 0 heterocycles. The fourth-order valence-electron chi connectivity index (χ4n) is 2.09. The zero-order chi connectivity index (χ0) is 8.97. The molecule has 1 aliphatic rings. The van der Waals surface area contributed by atoms with E-state index in [9.17, 15) is 4.79 Å². The van der Waals surface area contributed by atoms with Crippen LogP contribution in [0.4, 0.5) is 0 Å². The molecule has 0 aromatic heterocycles. The van der Waals surface area contributed by atoms with E-state index in [4.69, 9.17) is 10.8 Å². The van der Waals surface area contributed by atoms with Gasteiger partial charge in [-0.15, -0.1) is 0 Å². The molecule has 3 nitrogen and oxygen atoms in total. The smallest absolute Gasteiger partial charge is 0.303 e. The van der Waals surface area contributed by atoms with Crippen LogP contribution in [0, 0.1) is 11.8 Å². The molecule has 2 atom stereocenters. The van der Waals surface area contributed by atoms with Gasteiger partial charge in [-0.2, -0.15) is 0 Å². The molecule has 70 valence electrons. The minimum atomic E-state index is -0.680. The summed E-state index contributed by atoms with van der Waals surface area (Å²) >= 11 is 0. The summed E-state index contributed by atoms with van der Waals surface area (Å²) in [5.74, 6) is 0.108. The molecule has 1 rings (SSSR count). The van der Waals surface area contributed by atoms with Gasteiger partial charge in [0.1, 0.15) is 0 Å². The van der Waals surface area contributed by atoms with Crippen molar-refractivity contribution >= 4 is 5.97 Å². The molecule has 12 heavy (non-hydrogen) atoms. The first-order chi connectivity index (χ1) is 5.74. The van der Waals surface area contributed by atoms with Crippen LogP contribution in [0.15, 0.2) is 0 Å². The first kappa shape index (κ1) is 9.52. The maximum Gasteiger partial charge on any atom is 0.303 e. The molecule has 0 aromatic rings. The van der Waals surface area contributed by atoms with Gasteiger partial charge in [0.25, 0.3) is 0 Å². The third-order valence-electron chi connectivity index (χ3n) is 2.81. The third-order valence-corrected chi connectivity index (χ3v) is 2.81. The van der Waals surface area contributed by atoms with Crippen LogP contribution < -0.4 is 5.73 Å². The molecule has 1 fully saturated rings. The Morgan fingerprint density at radius 3 is 2.42 bits per heavy atom. The summed E-state index contributed by atoms with van der Waals surface area (Å²) in [4.78, 5) is 10.5. The van der Waals surface area contributed by atoms with Crippen LogP contribution in [-0.4, -0.2) is 17.6 Å². The molecule has 0 spiro atoms. The average Bonchev–Trinajstić information content (AvgIpc) is 2.04. The second-order valence-corrected chi connectivity index (χ2v) is 3.64. The van der Waals surface area contributed by atoms with Gasteiger partial charge in [0.05, 0.1) is 0 Å². The molecule has 0 aromatic carbocycles. The van der Waals surface area contributed by atoms with Crippen LogP contribution in [0.5, 0.6) is 0 Å². The Hall–Kier alpha value is -0.570. The van der Waals surface area contributed by atoms with Crippen LogP contribution in [0.3, 0.4) is 0 Å². The summed E-state index contributed by atoms with van der Waals surface area (Å²) in [6.45, 7) is 0.651. The summed E-state index contributed by atoms with van der Waals surface area (Å²) < 4.78 is 0. The second kappa shape index (κ2) is 4.45. The monoisotopic (exact) mass is 171 g/mol. The third kappa shape index (κ3) is 2.48. The zero-order valence-corrected chi connectivity index (χ0v) is 7.33. The molecule has 0 radical (unpaired) electrons. The molecule has 0 amide bonds. The largest absolute Gasteiger partial charge is 0.481 e. The molecule has 0 aliphatic heterocycles. The van der Waals surface area contributed by atoms with Gasteiger partial charge in [-0.3, -0.25) is 4.79 Å². The lowest BCUT2D eigenvalue weighted by molar-refractivity contribution is -0.138. The highest BCUT2D eigenvalue weighted by Gasteiger charge is 2.25. The van der Waals surface area contributed by atoms with E-state index in [-0.39, 0.29) is 0 Å². The zero-order valence-electron chi connectivity index (χ0n) is 7.33. The number of carbonyl (C=O) groups is 1.